The van der Waals surface area contributed by atoms with Crippen LogP contribution < -0.4 is 5.73 Å². The summed E-state index contributed by atoms with van der Waals surface area (Å²) in [6.45, 7) is 0. The molecule has 49 heavy (non-hydrogen) atoms. The first-order valence-corrected chi connectivity index (χ1v) is 16.9. The lowest BCUT2D eigenvalue weighted by Gasteiger charge is -2.16. The summed E-state index contributed by atoms with van der Waals surface area (Å²) in [5, 5.41) is 15.3. The Kier molecular flexibility index (Phi) is 6.10. The van der Waals surface area contributed by atoms with Crippen LogP contribution in [0.1, 0.15) is 0 Å². The summed E-state index contributed by atoms with van der Waals surface area (Å²) in [7, 11) is 0. The molecule has 0 aliphatic carbocycles. The number of nitrogens with two attached hydrogens (primary N) is 1. The second kappa shape index (κ2) is 10.8. The van der Waals surface area contributed by atoms with E-state index >= 15 is 0 Å². The van der Waals surface area contributed by atoms with Gasteiger partial charge in [0, 0.05) is 11.3 Å². The first-order chi connectivity index (χ1) is 24.2. The van der Waals surface area contributed by atoms with E-state index in [2.05, 4.69) is 164 Å². The lowest BCUT2D eigenvalue weighted by Crippen LogP contribution is -1.92. The number of fused-ring (bicyclic) bond motifs is 12. The highest BCUT2D eigenvalue weighted by Gasteiger charge is 2.14. The fourth-order valence-electron chi connectivity index (χ4n) is 8.05. The van der Waals surface area contributed by atoms with Crippen molar-refractivity contribution in [2.24, 2.45) is 0 Å². The Balaban J connectivity index is 1.24. The van der Waals surface area contributed by atoms with Gasteiger partial charge in [-0.25, -0.2) is 0 Å². The van der Waals surface area contributed by atoms with Crippen molar-refractivity contribution < 1.29 is 0 Å². The van der Waals surface area contributed by atoms with Crippen LogP contribution in [0.5, 0.6) is 0 Å². The van der Waals surface area contributed by atoms with E-state index < -0.39 is 0 Å². The number of rotatable bonds is 3. The van der Waals surface area contributed by atoms with Crippen LogP contribution in [0.15, 0.2) is 176 Å². The number of anilines is 1. The first-order valence-electron chi connectivity index (χ1n) is 16.9. The molecular formula is C48H31N. The van der Waals surface area contributed by atoms with E-state index in [1.54, 1.807) is 0 Å². The Bertz CT molecular complexity index is 2700. The Morgan fingerprint density at radius 3 is 0.918 bits per heavy atom. The molecular weight excluding hydrogens is 591 g/mol. The third-order valence-corrected chi connectivity index (χ3v) is 10.4. The molecule has 0 spiro atoms. The van der Waals surface area contributed by atoms with Gasteiger partial charge in [-0.05, 0) is 129 Å². The lowest BCUT2D eigenvalue weighted by molar-refractivity contribution is 1.58. The Morgan fingerprint density at radius 1 is 0.224 bits per heavy atom. The summed E-state index contributed by atoms with van der Waals surface area (Å²) < 4.78 is 0. The molecule has 0 saturated carbocycles. The van der Waals surface area contributed by atoms with E-state index in [0.717, 1.165) is 16.8 Å². The summed E-state index contributed by atoms with van der Waals surface area (Å²) in [6.07, 6.45) is 0. The molecule has 0 amide bonds. The van der Waals surface area contributed by atoms with Crippen molar-refractivity contribution >= 4 is 70.3 Å². The number of nitrogen functional groups attached to an aromatic ring is 1. The Labute approximate surface area is 284 Å². The van der Waals surface area contributed by atoms with Gasteiger partial charge in [-0.15, -0.1) is 0 Å². The van der Waals surface area contributed by atoms with Crippen molar-refractivity contribution in [3.8, 4) is 33.4 Å². The molecule has 1 nitrogen and oxygen atoms in total. The van der Waals surface area contributed by atoms with Crippen molar-refractivity contribution in [1.29, 1.82) is 0 Å². The third kappa shape index (κ3) is 4.33. The van der Waals surface area contributed by atoms with Gasteiger partial charge in [-0.3, -0.25) is 0 Å². The number of para-hydroxylation sites is 1. The molecule has 0 aliphatic heterocycles. The van der Waals surface area contributed by atoms with Gasteiger partial charge in [-0.2, -0.15) is 0 Å². The van der Waals surface area contributed by atoms with E-state index in [4.69, 9.17) is 5.73 Å². The van der Waals surface area contributed by atoms with Crippen LogP contribution in [0.3, 0.4) is 0 Å². The summed E-state index contributed by atoms with van der Waals surface area (Å²) >= 11 is 0. The molecule has 0 fully saturated rings. The lowest BCUT2D eigenvalue weighted by atomic mass is 9.88. The fraction of sp³-hybridized carbons (Fsp3) is 0. The minimum absolute atomic E-state index is 0.776. The summed E-state index contributed by atoms with van der Waals surface area (Å²) in [4.78, 5) is 0. The van der Waals surface area contributed by atoms with E-state index in [9.17, 15) is 0 Å². The van der Waals surface area contributed by atoms with Crippen molar-refractivity contribution in [2.45, 2.75) is 0 Å². The minimum Gasteiger partial charge on any atom is -0.398 e. The maximum atomic E-state index is 6.61. The monoisotopic (exact) mass is 621 g/mol. The second-order valence-electron chi connectivity index (χ2n) is 13.1. The van der Waals surface area contributed by atoms with E-state index in [1.807, 2.05) is 12.1 Å². The maximum Gasteiger partial charge on any atom is 0.0393 e. The molecule has 0 radical (unpaired) electrons. The summed E-state index contributed by atoms with van der Waals surface area (Å²) in [6, 6.07) is 64.1. The highest BCUT2D eigenvalue weighted by molar-refractivity contribution is 6.27. The molecule has 0 bridgehead atoms. The molecule has 10 aromatic rings. The SMILES string of the molecule is Nc1ccccc1-c1cc(-c2ccc3c4ccccc4c4ccccc4c3c2)cc(-c2ccc3c4ccccc4c4ccccc4c3c2)c1. The molecule has 0 aliphatic rings. The predicted molar refractivity (Wildman–Crippen MR) is 212 cm³/mol. The molecule has 228 valence electrons. The van der Waals surface area contributed by atoms with Gasteiger partial charge in [0.15, 0.2) is 0 Å². The van der Waals surface area contributed by atoms with Gasteiger partial charge in [0.05, 0.1) is 0 Å². The van der Waals surface area contributed by atoms with Crippen LogP contribution in [0.2, 0.25) is 0 Å². The third-order valence-electron chi connectivity index (χ3n) is 10.4. The van der Waals surface area contributed by atoms with Gasteiger partial charge >= 0.3 is 0 Å². The van der Waals surface area contributed by atoms with Crippen LogP contribution in [0, 0.1) is 0 Å². The highest BCUT2D eigenvalue weighted by atomic mass is 14.6. The van der Waals surface area contributed by atoms with Crippen molar-refractivity contribution in [1.82, 2.24) is 0 Å². The van der Waals surface area contributed by atoms with Crippen molar-refractivity contribution in [2.75, 3.05) is 5.73 Å². The minimum atomic E-state index is 0.776. The van der Waals surface area contributed by atoms with Crippen LogP contribution in [0.4, 0.5) is 5.69 Å². The average Bonchev–Trinajstić information content (AvgIpc) is 3.18. The molecule has 0 saturated heterocycles. The van der Waals surface area contributed by atoms with Gasteiger partial charge in [0.2, 0.25) is 0 Å². The Morgan fingerprint density at radius 2 is 0.531 bits per heavy atom. The fourth-order valence-corrected chi connectivity index (χ4v) is 8.05. The molecule has 0 heterocycles. The quantitative estimate of drug-likeness (QED) is 0.154. The van der Waals surface area contributed by atoms with Crippen LogP contribution in [0.25, 0.3) is 98.0 Å². The number of hydrogen-bond acceptors (Lipinski definition) is 1. The Hall–Kier alpha value is -6.44. The predicted octanol–water partition coefficient (Wildman–Crippen LogP) is 13.2. The van der Waals surface area contributed by atoms with Crippen LogP contribution in [-0.4, -0.2) is 0 Å². The molecule has 0 unspecified atom stereocenters. The van der Waals surface area contributed by atoms with Gasteiger partial charge in [0.1, 0.15) is 0 Å². The van der Waals surface area contributed by atoms with Gasteiger partial charge in [-0.1, -0.05) is 140 Å². The van der Waals surface area contributed by atoms with Gasteiger partial charge in [0.25, 0.3) is 0 Å². The highest BCUT2D eigenvalue weighted by Crippen LogP contribution is 2.41. The molecule has 10 aromatic carbocycles. The normalized spacial score (nSPS) is 11.8. The van der Waals surface area contributed by atoms with E-state index in [0.29, 0.717) is 0 Å². The van der Waals surface area contributed by atoms with Crippen LogP contribution in [-0.2, 0) is 0 Å². The molecule has 0 atom stereocenters. The summed E-state index contributed by atoms with van der Waals surface area (Å²) in [5.41, 5.74) is 14.2. The van der Waals surface area contributed by atoms with E-state index in [-0.39, 0.29) is 0 Å². The first kappa shape index (κ1) is 27.7. The topological polar surface area (TPSA) is 26.0 Å². The molecule has 1 heteroatoms. The molecule has 0 aromatic heterocycles. The van der Waals surface area contributed by atoms with Crippen molar-refractivity contribution in [3.63, 3.8) is 0 Å². The zero-order valence-electron chi connectivity index (χ0n) is 26.8. The summed E-state index contributed by atoms with van der Waals surface area (Å²) in [5.74, 6) is 0. The van der Waals surface area contributed by atoms with Crippen LogP contribution >= 0.6 is 0 Å². The number of hydrogen-bond donors (Lipinski definition) is 1. The smallest absolute Gasteiger partial charge is 0.0393 e. The standard InChI is InChI=1S/C48H31N/c49-48-20-10-9-11-35(48)34-26-32(30-21-23-44-40-16-3-1-12-36(40)38-14-5-7-18-42(38)46(44)28-30)25-33(27-34)31-22-24-45-41-17-4-2-13-37(41)39-15-6-8-19-43(39)47(45)29-31/h1-29H,49H2. The largest absolute Gasteiger partial charge is 0.398 e. The van der Waals surface area contributed by atoms with Crippen molar-refractivity contribution in [3.05, 3.63) is 176 Å². The zero-order chi connectivity index (χ0) is 32.5. The zero-order valence-corrected chi connectivity index (χ0v) is 26.8. The average molecular weight is 622 g/mol. The maximum absolute atomic E-state index is 6.61. The van der Waals surface area contributed by atoms with Gasteiger partial charge < -0.3 is 5.73 Å². The molecule has 2 N–H and O–H groups in total. The number of benzene rings is 10. The molecule has 10 rings (SSSR count). The second-order valence-corrected chi connectivity index (χ2v) is 13.1. The van der Waals surface area contributed by atoms with E-state index in [1.165, 1.54) is 86.9 Å².